The van der Waals surface area contributed by atoms with Crippen LogP contribution in [0.15, 0.2) is 53.6 Å². The summed E-state index contributed by atoms with van der Waals surface area (Å²) in [5.41, 5.74) is 3.95. The van der Waals surface area contributed by atoms with Gasteiger partial charge in [0.05, 0.1) is 16.4 Å². The molecule has 2 aromatic carbocycles. The number of halogens is 1. The first-order valence-electron chi connectivity index (χ1n) is 6.84. The summed E-state index contributed by atoms with van der Waals surface area (Å²) in [6, 6.07) is 15.8. The quantitative estimate of drug-likeness (QED) is 0.518. The van der Waals surface area contributed by atoms with Gasteiger partial charge in [0.2, 0.25) is 0 Å². The van der Waals surface area contributed by atoms with Gasteiger partial charge in [-0.15, -0.1) is 11.8 Å². The van der Waals surface area contributed by atoms with Gasteiger partial charge in [0, 0.05) is 16.0 Å². The fraction of sp³-hybridized carbons (Fsp3) is 0.0588. The Labute approximate surface area is 136 Å². The number of hydrogen-bond acceptors (Lipinski definition) is 3. The fourth-order valence-corrected chi connectivity index (χ4v) is 3.38. The molecule has 0 radical (unpaired) electrons. The second kappa shape index (κ2) is 5.30. The third kappa shape index (κ3) is 2.07. The monoisotopic (exact) mass is 325 g/mol. The molecule has 0 aliphatic heterocycles. The normalized spacial score (nSPS) is 11.4. The van der Waals surface area contributed by atoms with Gasteiger partial charge in [-0.2, -0.15) is 5.10 Å². The second-order valence-electron chi connectivity index (χ2n) is 4.97. The van der Waals surface area contributed by atoms with Crippen molar-refractivity contribution < 1.29 is 0 Å². The molecule has 0 spiro atoms. The van der Waals surface area contributed by atoms with Gasteiger partial charge in [-0.25, -0.2) is 4.98 Å². The van der Waals surface area contributed by atoms with Crippen LogP contribution in [0.2, 0.25) is 5.02 Å². The molecule has 5 heteroatoms. The van der Waals surface area contributed by atoms with Crippen LogP contribution in [-0.4, -0.2) is 21.4 Å². The van der Waals surface area contributed by atoms with E-state index in [4.69, 9.17) is 16.6 Å². The molecule has 0 saturated heterocycles. The standard InChI is InChI=1S/C17H12ClN3S/c1-22-17-14-15(10-6-8-11(18)9-7-10)20-21-16(14)12-4-2-3-5-13(12)19-17/h2-9H,1H3,(H,20,21). The van der Waals surface area contributed by atoms with E-state index in [0.29, 0.717) is 0 Å². The van der Waals surface area contributed by atoms with Crippen molar-refractivity contribution in [3.8, 4) is 11.3 Å². The van der Waals surface area contributed by atoms with Gasteiger partial charge in [0.25, 0.3) is 0 Å². The van der Waals surface area contributed by atoms with Crippen molar-refractivity contribution in [1.29, 1.82) is 0 Å². The number of nitrogens with zero attached hydrogens (tertiary/aromatic N) is 2. The van der Waals surface area contributed by atoms with E-state index in [9.17, 15) is 0 Å². The SMILES string of the molecule is CSc1nc2ccccc2c2[nH]nc(-c3ccc(Cl)cc3)c12. The van der Waals surface area contributed by atoms with Crippen molar-refractivity contribution in [2.45, 2.75) is 5.03 Å². The summed E-state index contributed by atoms with van der Waals surface area (Å²) >= 11 is 7.62. The first-order valence-corrected chi connectivity index (χ1v) is 8.45. The molecule has 0 amide bonds. The third-order valence-corrected chi connectivity index (χ3v) is 4.62. The number of fused-ring (bicyclic) bond motifs is 3. The van der Waals surface area contributed by atoms with E-state index in [-0.39, 0.29) is 0 Å². The lowest BCUT2D eigenvalue weighted by Gasteiger charge is -2.05. The predicted molar refractivity (Wildman–Crippen MR) is 93.6 cm³/mol. The number of hydrogen-bond donors (Lipinski definition) is 1. The van der Waals surface area contributed by atoms with E-state index < -0.39 is 0 Å². The summed E-state index contributed by atoms with van der Waals surface area (Å²) in [5, 5.41) is 11.6. The lowest BCUT2D eigenvalue weighted by Crippen LogP contribution is -1.86. The Morgan fingerprint density at radius 1 is 1.05 bits per heavy atom. The number of H-pyrrole nitrogens is 1. The van der Waals surface area contributed by atoms with Gasteiger partial charge in [0.1, 0.15) is 10.7 Å². The molecular formula is C17H12ClN3S. The number of aromatic amines is 1. The van der Waals surface area contributed by atoms with Crippen LogP contribution in [-0.2, 0) is 0 Å². The highest BCUT2D eigenvalue weighted by Crippen LogP contribution is 2.36. The molecule has 0 atom stereocenters. The van der Waals surface area contributed by atoms with Crippen LogP contribution in [0.25, 0.3) is 33.1 Å². The Hall–Kier alpha value is -2.04. The van der Waals surface area contributed by atoms with Gasteiger partial charge in [-0.1, -0.05) is 41.9 Å². The van der Waals surface area contributed by atoms with Crippen LogP contribution in [0.3, 0.4) is 0 Å². The van der Waals surface area contributed by atoms with Crippen LogP contribution in [0.5, 0.6) is 0 Å². The maximum absolute atomic E-state index is 5.98. The molecule has 3 nitrogen and oxygen atoms in total. The first-order chi connectivity index (χ1) is 10.8. The van der Waals surface area contributed by atoms with Gasteiger partial charge < -0.3 is 0 Å². The number of aromatic nitrogens is 3. The summed E-state index contributed by atoms with van der Waals surface area (Å²) in [6.07, 6.45) is 2.04. The fourth-order valence-electron chi connectivity index (χ4n) is 2.66. The van der Waals surface area contributed by atoms with Crippen molar-refractivity contribution in [1.82, 2.24) is 15.2 Å². The zero-order valence-electron chi connectivity index (χ0n) is 11.8. The molecule has 4 rings (SSSR count). The van der Waals surface area contributed by atoms with Crippen molar-refractivity contribution in [2.24, 2.45) is 0 Å². The number of benzene rings is 2. The van der Waals surface area contributed by atoms with Crippen LogP contribution in [0, 0.1) is 0 Å². The van der Waals surface area contributed by atoms with Crippen molar-refractivity contribution >= 4 is 45.2 Å². The second-order valence-corrected chi connectivity index (χ2v) is 6.20. The van der Waals surface area contributed by atoms with Crippen molar-refractivity contribution in [3.05, 3.63) is 53.6 Å². The van der Waals surface area contributed by atoms with E-state index in [0.717, 1.165) is 43.1 Å². The zero-order chi connectivity index (χ0) is 15.1. The third-order valence-electron chi connectivity index (χ3n) is 3.69. The van der Waals surface area contributed by atoms with E-state index >= 15 is 0 Å². The number of nitrogens with one attached hydrogen (secondary N) is 1. The highest BCUT2D eigenvalue weighted by atomic mass is 35.5. The lowest BCUT2D eigenvalue weighted by atomic mass is 10.1. The Kier molecular flexibility index (Phi) is 3.28. The van der Waals surface area contributed by atoms with Gasteiger partial charge in [-0.3, -0.25) is 5.10 Å². The topological polar surface area (TPSA) is 41.6 Å². The smallest absolute Gasteiger partial charge is 0.108 e. The maximum atomic E-state index is 5.98. The van der Waals surface area contributed by atoms with Gasteiger partial charge >= 0.3 is 0 Å². The van der Waals surface area contributed by atoms with Crippen LogP contribution >= 0.6 is 23.4 Å². The Bertz CT molecular complexity index is 976. The predicted octanol–water partition coefficient (Wildman–Crippen LogP) is 5.15. The molecule has 0 aliphatic carbocycles. The first kappa shape index (κ1) is 13.6. The van der Waals surface area contributed by atoms with E-state index in [2.05, 4.69) is 16.3 Å². The summed E-state index contributed by atoms with van der Waals surface area (Å²) < 4.78 is 0. The molecule has 2 heterocycles. The summed E-state index contributed by atoms with van der Waals surface area (Å²) in [4.78, 5) is 4.77. The summed E-state index contributed by atoms with van der Waals surface area (Å²) in [6.45, 7) is 0. The average molecular weight is 326 g/mol. The van der Waals surface area contributed by atoms with Gasteiger partial charge in [0.15, 0.2) is 0 Å². The highest BCUT2D eigenvalue weighted by Gasteiger charge is 2.16. The van der Waals surface area contributed by atoms with Crippen LogP contribution < -0.4 is 0 Å². The summed E-state index contributed by atoms with van der Waals surface area (Å²) in [5.74, 6) is 0. The van der Waals surface area contributed by atoms with Crippen molar-refractivity contribution in [3.63, 3.8) is 0 Å². The van der Waals surface area contributed by atoms with Crippen LogP contribution in [0.4, 0.5) is 0 Å². The molecular weight excluding hydrogens is 314 g/mol. The zero-order valence-corrected chi connectivity index (χ0v) is 13.4. The molecule has 0 aliphatic rings. The maximum Gasteiger partial charge on any atom is 0.108 e. The largest absolute Gasteiger partial charge is 0.276 e. The number of thioether (sulfide) groups is 1. The minimum Gasteiger partial charge on any atom is -0.276 e. The molecule has 4 aromatic rings. The molecule has 2 aromatic heterocycles. The Morgan fingerprint density at radius 3 is 2.59 bits per heavy atom. The average Bonchev–Trinajstić information content (AvgIpc) is 3.00. The highest BCUT2D eigenvalue weighted by molar-refractivity contribution is 7.98. The van der Waals surface area contributed by atoms with E-state index in [1.54, 1.807) is 11.8 Å². The van der Waals surface area contributed by atoms with E-state index in [1.165, 1.54) is 0 Å². The van der Waals surface area contributed by atoms with Crippen molar-refractivity contribution in [2.75, 3.05) is 6.26 Å². The minimum absolute atomic E-state index is 0.720. The lowest BCUT2D eigenvalue weighted by molar-refractivity contribution is 1.13. The molecule has 108 valence electrons. The van der Waals surface area contributed by atoms with Crippen LogP contribution in [0.1, 0.15) is 0 Å². The number of pyridine rings is 1. The number of rotatable bonds is 2. The molecule has 1 N–H and O–H groups in total. The molecule has 0 unspecified atom stereocenters. The number of para-hydroxylation sites is 1. The molecule has 22 heavy (non-hydrogen) atoms. The van der Waals surface area contributed by atoms with E-state index in [1.807, 2.05) is 48.7 Å². The minimum atomic E-state index is 0.720. The molecule has 0 saturated carbocycles. The molecule has 0 bridgehead atoms. The van der Waals surface area contributed by atoms with Gasteiger partial charge in [-0.05, 0) is 24.5 Å². The summed E-state index contributed by atoms with van der Waals surface area (Å²) in [7, 11) is 0. The Balaban J connectivity index is 2.09. The molecule has 0 fully saturated rings. The Morgan fingerprint density at radius 2 is 1.82 bits per heavy atom.